The van der Waals surface area contributed by atoms with Gasteiger partial charge in [0.15, 0.2) is 16.5 Å². The van der Waals surface area contributed by atoms with E-state index in [1.54, 1.807) is 4.57 Å². The van der Waals surface area contributed by atoms with Gasteiger partial charge in [-0.25, -0.2) is 13.4 Å². The highest BCUT2D eigenvalue weighted by Gasteiger charge is 2.47. The molecule has 0 amide bonds. The maximum Gasteiger partial charge on any atom is 0.262 e. The SMILES string of the molecule is CC(C)Cn1cnc(S(=O)(=O)N2CCC(O)(c3nc(C4CC4)no3)C2)c1. The number of aromatic nitrogens is 4. The Labute approximate surface area is 152 Å². The fourth-order valence-corrected chi connectivity index (χ4v) is 4.63. The quantitative estimate of drug-likeness (QED) is 0.796. The Hall–Kier alpha value is -1.78. The first-order valence-electron chi connectivity index (χ1n) is 8.86. The first-order valence-corrected chi connectivity index (χ1v) is 10.3. The van der Waals surface area contributed by atoms with Crippen molar-refractivity contribution in [2.75, 3.05) is 13.1 Å². The van der Waals surface area contributed by atoms with Crippen LogP contribution < -0.4 is 0 Å². The van der Waals surface area contributed by atoms with Crippen LogP contribution in [0, 0.1) is 5.92 Å². The molecular formula is C16H23N5O4S. The first-order chi connectivity index (χ1) is 12.3. The van der Waals surface area contributed by atoms with Gasteiger partial charge in [-0.2, -0.15) is 9.29 Å². The van der Waals surface area contributed by atoms with Crippen molar-refractivity contribution >= 4 is 10.0 Å². The Kier molecular flexibility index (Phi) is 4.16. The van der Waals surface area contributed by atoms with Crippen molar-refractivity contribution < 1.29 is 18.0 Å². The second-order valence-electron chi connectivity index (χ2n) is 7.65. The summed E-state index contributed by atoms with van der Waals surface area (Å²) in [6, 6.07) is 0. The second kappa shape index (κ2) is 6.14. The standard InChI is InChI=1S/C16H23N5O4S/c1-11(2)7-20-8-13(17-10-20)26(23,24)21-6-5-16(22,9-21)15-18-14(19-25-15)12-3-4-12/h8,10-12,22H,3-7,9H2,1-2H3. The third kappa shape index (κ3) is 3.17. The molecule has 1 saturated carbocycles. The predicted molar refractivity (Wildman–Crippen MR) is 90.6 cm³/mol. The van der Waals surface area contributed by atoms with Gasteiger partial charge in [0, 0.05) is 31.6 Å². The molecule has 0 aromatic carbocycles. The number of nitrogens with zero attached hydrogens (tertiary/aromatic N) is 5. The Bertz CT molecular complexity index is 901. The summed E-state index contributed by atoms with van der Waals surface area (Å²) in [6.45, 7) is 4.86. The molecule has 26 heavy (non-hydrogen) atoms. The largest absolute Gasteiger partial charge is 0.379 e. The van der Waals surface area contributed by atoms with Gasteiger partial charge in [-0.05, 0) is 18.8 Å². The van der Waals surface area contributed by atoms with Gasteiger partial charge < -0.3 is 14.2 Å². The van der Waals surface area contributed by atoms with Crippen LogP contribution in [0.15, 0.2) is 22.1 Å². The molecule has 0 spiro atoms. The van der Waals surface area contributed by atoms with Crippen molar-refractivity contribution in [3.8, 4) is 0 Å². The van der Waals surface area contributed by atoms with E-state index in [0.29, 0.717) is 24.2 Å². The molecule has 2 aromatic heterocycles. The van der Waals surface area contributed by atoms with E-state index in [4.69, 9.17) is 4.52 Å². The zero-order chi connectivity index (χ0) is 18.5. The van der Waals surface area contributed by atoms with Crippen molar-refractivity contribution in [2.45, 2.75) is 56.2 Å². The van der Waals surface area contributed by atoms with Gasteiger partial charge in [0.2, 0.25) is 0 Å². The van der Waals surface area contributed by atoms with Gasteiger partial charge in [0.05, 0.1) is 12.9 Å². The molecule has 1 N–H and O–H groups in total. The van der Waals surface area contributed by atoms with E-state index in [9.17, 15) is 13.5 Å². The van der Waals surface area contributed by atoms with Gasteiger partial charge in [0.1, 0.15) is 0 Å². The smallest absolute Gasteiger partial charge is 0.262 e. The fourth-order valence-electron chi connectivity index (χ4n) is 3.20. The summed E-state index contributed by atoms with van der Waals surface area (Å²) in [6.07, 6.45) is 5.32. The summed E-state index contributed by atoms with van der Waals surface area (Å²) >= 11 is 0. The second-order valence-corrected chi connectivity index (χ2v) is 9.54. The van der Waals surface area contributed by atoms with Gasteiger partial charge in [-0.15, -0.1) is 0 Å². The number of sulfonamides is 1. The third-order valence-electron chi connectivity index (χ3n) is 4.78. The molecule has 1 aliphatic carbocycles. The molecule has 2 aromatic rings. The van der Waals surface area contributed by atoms with Crippen molar-refractivity contribution in [3.63, 3.8) is 0 Å². The Morgan fingerprint density at radius 2 is 2.19 bits per heavy atom. The molecule has 2 fully saturated rings. The highest BCUT2D eigenvalue weighted by molar-refractivity contribution is 7.89. The lowest BCUT2D eigenvalue weighted by atomic mass is 10.0. The van der Waals surface area contributed by atoms with Crippen molar-refractivity contribution in [1.29, 1.82) is 0 Å². The van der Waals surface area contributed by atoms with E-state index < -0.39 is 15.6 Å². The van der Waals surface area contributed by atoms with E-state index in [0.717, 1.165) is 12.8 Å². The lowest BCUT2D eigenvalue weighted by Crippen LogP contribution is -2.34. The maximum atomic E-state index is 12.8. The third-order valence-corrected chi connectivity index (χ3v) is 6.52. The summed E-state index contributed by atoms with van der Waals surface area (Å²) in [5, 5.41) is 14.8. The van der Waals surface area contributed by atoms with Crippen LogP contribution in [0.5, 0.6) is 0 Å². The molecule has 1 aliphatic heterocycles. The number of rotatable bonds is 6. The van der Waals surface area contributed by atoms with Gasteiger partial charge in [-0.3, -0.25) is 0 Å². The van der Waals surface area contributed by atoms with E-state index in [1.165, 1.54) is 16.8 Å². The summed E-state index contributed by atoms with van der Waals surface area (Å²) in [4.78, 5) is 8.32. The molecule has 4 rings (SSSR count). The first kappa shape index (κ1) is 17.6. The molecule has 1 saturated heterocycles. The van der Waals surface area contributed by atoms with Crippen molar-refractivity contribution in [1.82, 2.24) is 24.0 Å². The summed E-state index contributed by atoms with van der Waals surface area (Å²) in [5.41, 5.74) is -1.45. The van der Waals surface area contributed by atoms with Crippen LogP contribution in [0.4, 0.5) is 0 Å². The van der Waals surface area contributed by atoms with Crippen molar-refractivity contribution in [2.24, 2.45) is 5.92 Å². The van der Waals surface area contributed by atoms with Crippen LogP contribution in [0.1, 0.15) is 50.7 Å². The molecule has 0 radical (unpaired) electrons. The van der Waals surface area contributed by atoms with Gasteiger partial charge >= 0.3 is 0 Å². The molecule has 1 atom stereocenters. The van der Waals surface area contributed by atoms with Crippen LogP contribution in [-0.4, -0.2) is 50.6 Å². The monoisotopic (exact) mass is 381 g/mol. The number of hydrogen-bond donors (Lipinski definition) is 1. The lowest BCUT2D eigenvalue weighted by Gasteiger charge is -2.18. The Morgan fingerprint density at radius 3 is 2.88 bits per heavy atom. The average Bonchev–Trinajstić information content (AvgIpc) is 3.01. The average molecular weight is 381 g/mol. The van der Waals surface area contributed by atoms with Gasteiger partial charge in [-0.1, -0.05) is 19.0 Å². The van der Waals surface area contributed by atoms with Crippen LogP contribution in [0.3, 0.4) is 0 Å². The zero-order valence-corrected chi connectivity index (χ0v) is 15.7. The minimum Gasteiger partial charge on any atom is -0.379 e. The highest BCUT2D eigenvalue weighted by atomic mass is 32.2. The number of aliphatic hydroxyl groups is 1. The minimum absolute atomic E-state index is 0.00778. The highest BCUT2D eigenvalue weighted by Crippen LogP contribution is 2.40. The summed E-state index contributed by atoms with van der Waals surface area (Å²) in [5.74, 6) is 1.39. The molecular weight excluding hydrogens is 358 g/mol. The van der Waals surface area contributed by atoms with Crippen LogP contribution in [0.2, 0.25) is 0 Å². The molecule has 142 valence electrons. The van der Waals surface area contributed by atoms with E-state index >= 15 is 0 Å². The molecule has 10 heteroatoms. The Morgan fingerprint density at radius 1 is 1.42 bits per heavy atom. The summed E-state index contributed by atoms with van der Waals surface area (Å²) < 4.78 is 33.9. The lowest BCUT2D eigenvalue weighted by molar-refractivity contribution is 0.0194. The molecule has 9 nitrogen and oxygen atoms in total. The normalized spacial score (nSPS) is 24.6. The van der Waals surface area contributed by atoms with Crippen LogP contribution >= 0.6 is 0 Å². The van der Waals surface area contributed by atoms with Gasteiger partial charge in [0.25, 0.3) is 15.9 Å². The number of imidazole rings is 1. The van der Waals surface area contributed by atoms with Crippen LogP contribution in [-0.2, 0) is 22.2 Å². The van der Waals surface area contributed by atoms with Crippen LogP contribution in [0.25, 0.3) is 0 Å². The van der Waals surface area contributed by atoms with E-state index in [1.807, 2.05) is 0 Å². The number of β-amino-alcohol motifs (C(OH)–C–C–N with tert-alkyl or cyclic N) is 1. The molecule has 2 aliphatic rings. The predicted octanol–water partition coefficient (Wildman–Crippen LogP) is 1.08. The summed E-state index contributed by atoms with van der Waals surface area (Å²) in [7, 11) is -3.78. The molecule has 1 unspecified atom stereocenters. The minimum atomic E-state index is -3.78. The molecule has 0 bridgehead atoms. The Balaban J connectivity index is 1.52. The topological polar surface area (TPSA) is 114 Å². The van der Waals surface area contributed by atoms with Crippen molar-refractivity contribution in [3.05, 3.63) is 24.2 Å². The van der Waals surface area contributed by atoms with E-state index in [2.05, 4.69) is 29.0 Å². The fraction of sp³-hybridized carbons (Fsp3) is 0.688. The molecule has 3 heterocycles. The zero-order valence-electron chi connectivity index (χ0n) is 14.9. The number of hydrogen-bond acceptors (Lipinski definition) is 7. The maximum absolute atomic E-state index is 12.8. The van der Waals surface area contributed by atoms with E-state index in [-0.39, 0.29) is 30.4 Å².